The maximum absolute atomic E-state index is 13.1. The number of hydrogen-bond acceptors (Lipinski definition) is 9. The van der Waals surface area contributed by atoms with Crippen LogP contribution in [-0.4, -0.2) is 69.4 Å². The summed E-state index contributed by atoms with van der Waals surface area (Å²) in [4.78, 5) is 37.5. The Morgan fingerprint density at radius 1 is 1.17 bits per heavy atom. The summed E-state index contributed by atoms with van der Waals surface area (Å²) in [6.45, 7) is 6.62. The number of hydrogen-bond donors (Lipinski definition) is 2. The molecule has 5 rings (SSSR count). The van der Waals surface area contributed by atoms with Gasteiger partial charge in [-0.3, -0.25) is 9.59 Å². The van der Waals surface area contributed by atoms with Crippen molar-refractivity contribution < 1.29 is 19.1 Å². The molecule has 214 valence electrons. The van der Waals surface area contributed by atoms with Crippen molar-refractivity contribution in [2.45, 2.75) is 43.7 Å². The van der Waals surface area contributed by atoms with Gasteiger partial charge in [0, 0.05) is 29.7 Å². The van der Waals surface area contributed by atoms with Gasteiger partial charge in [-0.1, -0.05) is 35.9 Å². The number of rotatable bonds is 6. The first kappa shape index (κ1) is 29.0. The molecule has 2 amide bonds. The van der Waals surface area contributed by atoms with Crippen LogP contribution in [0.2, 0.25) is 0 Å². The fourth-order valence-corrected chi connectivity index (χ4v) is 7.60. The quantitative estimate of drug-likeness (QED) is 0.484. The van der Waals surface area contributed by atoms with E-state index in [0.717, 1.165) is 12.2 Å². The van der Waals surface area contributed by atoms with Gasteiger partial charge in [-0.05, 0) is 51.5 Å². The second kappa shape index (κ2) is 12.2. The molecule has 0 radical (unpaired) electrons. The number of likely N-dealkylation sites (N-methyl/N-ethyl adjacent to an activating group) is 1. The molecule has 0 aliphatic carbocycles. The molecule has 0 bridgehead atoms. The highest BCUT2D eigenvalue weighted by atomic mass is 32.2. The summed E-state index contributed by atoms with van der Waals surface area (Å²) >= 11 is 3.17. The lowest BCUT2D eigenvalue weighted by Crippen LogP contribution is -2.63. The Labute approximate surface area is 248 Å². The molecule has 41 heavy (non-hydrogen) atoms. The van der Waals surface area contributed by atoms with Crippen LogP contribution in [-0.2, 0) is 4.74 Å². The molecular formula is C30H33N5O4S2. The molecule has 3 aliphatic heterocycles. The number of fused-ring (bicyclic) bond motifs is 1. The molecule has 0 spiro atoms. The minimum absolute atomic E-state index is 0.146. The molecule has 11 heteroatoms. The summed E-state index contributed by atoms with van der Waals surface area (Å²) < 4.78 is 11.9. The van der Waals surface area contributed by atoms with Gasteiger partial charge in [-0.2, -0.15) is 0 Å². The van der Waals surface area contributed by atoms with Crippen molar-refractivity contribution in [3.05, 3.63) is 71.1 Å². The van der Waals surface area contributed by atoms with E-state index in [1.807, 2.05) is 35.6 Å². The zero-order valence-corrected chi connectivity index (χ0v) is 25.1. The third-order valence-electron chi connectivity index (χ3n) is 7.29. The zero-order chi connectivity index (χ0) is 29.0. The van der Waals surface area contributed by atoms with Crippen LogP contribution >= 0.6 is 23.5 Å². The highest BCUT2D eigenvalue weighted by Crippen LogP contribution is 2.50. The summed E-state index contributed by atoms with van der Waals surface area (Å²) in [6, 6.07) is 12.4. The van der Waals surface area contributed by atoms with Crippen LogP contribution in [0.15, 0.2) is 64.9 Å². The molecular weight excluding hydrogens is 558 g/mol. The number of pyridine rings is 1. The normalized spacial score (nSPS) is 24.6. The van der Waals surface area contributed by atoms with Crippen molar-refractivity contribution in [1.29, 1.82) is 0 Å². The van der Waals surface area contributed by atoms with Crippen LogP contribution in [0.1, 0.15) is 48.0 Å². The van der Waals surface area contributed by atoms with Gasteiger partial charge in [-0.15, -0.1) is 17.7 Å². The van der Waals surface area contributed by atoms with Crippen LogP contribution in [0.3, 0.4) is 0 Å². The maximum Gasteiger partial charge on any atom is 0.275 e. The van der Waals surface area contributed by atoms with E-state index >= 15 is 0 Å². The van der Waals surface area contributed by atoms with E-state index in [2.05, 4.69) is 41.3 Å². The van der Waals surface area contributed by atoms with Crippen molar-refractivity contribution in [2.75, 3.05) is 26.0 Å². The SMILES string of the molecule is CC#CCOc1ccc(C(=O)NC2=CSC([C@]34COC(C)(C)C[C@H]3CSC(NC(=O)c3ccccc3)=N4)N2C)nc1. The molecule has 1 fully saturated rings. The molecule has 1 aromatic carbocycles. The number of ether oxygens (including phenoxy) is 2. The Balaban J connectivity index is 1.32. The molecule has 1 aromatic heterocycles. The highest BCUT2D eigenvalue weighted by Gasteiger charge is 2.56. The van der Waals surface area contributed by atoms with Crippen molar-refractivity contribution in [1.82, 2.24) is 20.5 Å². The lowest BCUT2D eigenvalue weighted by molar-refractivity contribution is -0.114. The lowest BCUT2D eigenvalue weighted by Gasteiger charge is -2.52. The topological polar surface area (TPSA) is 105 Å². The van der Waals surface area contributed by atoms with Gasteiger partial charge in [0.15, 0.2) is 5.17 Å². The van der Waals surface area contributed by atoms with E-state index in [1.54, 1.807) is 54.7 Å². The Morgan fingerprint density at radius 2 is 1.98 bits per heavy atom. The van der Waals surface area contributed by atoms with E-state index < -0.39 is 5.54 Å². The number of benzene rings is 1. The number of aromatic nitrogens is 1. The average molecular weight is 592 g/mol. The Hall–Kier alpha value is -3.46. The Morgan fingerprint density at radius 3 is 2.71 bits per heavy atom. The Bertz CT molecular complexity index is 1420. The molecule has 2 aromatic rings. The van der Waals surface area contributed by atoms with E-state index in [1.165, 1.54) is 6.20 Å². The number of thioether (sulfide) groups is 2. The van der Waals surface area contributed by atoms with Gasteiger partial charge in [-0.25, -0.2) is 9.98 Å². The van der Waals surface area contributed by atoms with E-state index in [9.17, 15) is 9.59 Å². The van der Waals surface area contributed by atoms with Crippen LogP contribution in [0.25, 0.3) is 0 Å². The van der Waals surface area contributed by atoms with Crippen molar-refractivity contribution >= 4 is 40.5 Å². The molecule has 1 unspecified atom stereocenters. The van der Waals surface area contributed by atoms with Crippen molar-refractivity contribution in [3.63, 3.8) is 0 Å². The van der Waals surface area contributed by atoms with Crippen LogP contribution < -0.4 is 15.4 Å². The number of nitrogens with one attached hydrogen (secondary N) is 2. The standard InChI is InChI=1S/C30H33N5O4S2/c1-5-6-14-38-22-12-13-23(31-16-22)26(37)32-24-18-40-27(35(24)4)30-19-39-29(2,3)15-21(30)17-41-28(34-30)33-25(36)20-10-8-7-9-11-20/h7-13,16,18,21,27H,14-15,17,19H2,1-4H3,(H,32,37)(H,33,34,36)/t21-,27?,30-/m0/s1. The predicted octanol–water partition coefficient (Wildman–Crippen LogP) is 4.10. The summed E-state index contributed by atoms with van der Waals surface area (Å²) in [5.74, 6) is 7.30. The third-order valence-corrected chi connectivity index (χ3v) is 9.67. The first-order valence-corrected chi connectivity index (χ1v) is 15.2. The minimum atomic E-state index is -0.624. The first-order valence-electron chi connectivity index (χ1n) is 13.3. The molecule has 0 saturated carbocycles. The van der Waals surface area contributed by atoms with Crippen LogP contribution in [0.5, 0.6) is 5.75 Å². The smallest absolute Gasteiger partial charge is 0.275 e. The largest absolute Gasteiger partial charge is 0.479 e. The lowest BCUT2D eigenvalue weighted by atomic mass is 9.76. The zero-order valence-electron chi connectivity index (χ0n) is 23.5. The molecule has 3 atom stereocenters. The average Bonchev–Trinajstić information content (AvgIpc) is 3.34. The van der Waals surface area contributed by atoms with Crippen molar-refractivity contribution in [3.8, 4) is 17.6 Å². The van der Waals surface area contributed by atoms with Gasteiger partial charge in [0.25, 0.3) is 11.8 Å². The van der Waals surface area contributed by atoms with Gasteiger partial charge in [0.1, 0.15) is 34.8 Å². The number of nitrogens with zero attached hydrogens (tertiary/aromatic N) is 3. The highest BCUT2D eigenvalue weighted by molar-refractivity contribution is 8.14. The molecule has 4 heterocycles. The van der Waals surface area contributed by atoms with Crippen LogP contribution in [0, 0.1) is 17.8 Å². The number of aliphatic imine (C=N–C) groups is 1. The van der Waals surface area contributed by atoms with E-state index in [-0.39, 0.29) is 41.0 Å². The summed E-state index contributed by atoms with van der Waals surface area (Å²) in [6.07, 6.45) is 2.35. The number of amides is 2. The molecule has 3 aliphatic rings. The maximum atomic E-state index is 13.1. The third kappa shape index (κ3) is 6.40. The van der Waals surface area contributed by atoms with Gasteiger partial charge in [0.05, 0.1) is 18.4 Å². The Kier molecular flexibility index (Phi) is 8.63. The fraction of sp³-hybridized carbons (Fsp3) is 0.400. The van der Waals surface area contributed by atoms with Gasteiger partial charge < -0.3 is 25.0 Å². The van der Waals surface area contributed by atoms with Gasteiger partial charge >= 0.3 is 0 Å². The van der Waals surface area contributed by atoms with Crippen LogP contribution in [0.4, 0.5) is 0 Å². The second-order valence-corrected chi connectivity index (χ2v) is 12.6. The van der Waals surface area contributed by atoms with E-state index in [0.29, 0.717) is 28.9 Å². The molecule has 2 N–H and O–H groups in total. The van der Waals surface area contributed by atoms with E-state index in [4.69, 9.17) is 14.5 Å². The van der Waals surface area contributed by atoms with Gasteiger partial charge in [0.2, 0.25) is 0 Å². The number of carbonyl (C=O) groups excluding carboxylic acids is 2. The number of carbonyl (C=O) groups is 2. The molecule has 1 saturated heterocycles. The summed E-state index contributed by atoms with van der Waals surface area (Å²) in [5, 5.41) is 8.39. The fourth-order valence-electron chi connectivity index (χ4n) is 5.11. The second-order valence-electron chi connectivity index (χ2n) is 10.6. The number of amidine groups is 1. The minimum Gasteiger partial charge on any atom is -0.479 e. The molecule has 9 nitrogen and oxygen atoms in total. The monoisotopic (exact) mass is 591 g/mol. The first-order chi connectivity index (χ1) is 19.7. The summed E-state index contributed by atoms with van der Waals surface area (Å²) in [5.41, 5.74) is -0.0408. The summed E-state index contributed by atoms with van der Waals surface area (Å²) in [7, 11) is 1.95. The van der Waals surface area contributed by atoms with Crippen molar-refractivity contribution in [2.24, 2.45) is 10.9 Å². The predicted molar refractivity (Wildman–Crippen MR) is 163 cm³/mol.